The highest BCUT2D eigenvalue weighted by atomic mass is 16.3. The van der Waals surface area contributed by atoms with Crippen molar-refractivity contribution in [3.8, 4) is 0 Å². The predicted octanol–water partition coefficient (Wildman–Crippen LogP) is -0.0307. The Hall–Kier alpha value is -0.610. The molecule has 4 heteroatoms. The molecule has 1 atom stereocenters. The molecule has 0 radical (unpaired) electrons. The van der Waals surface area contributed by atoms with Gasteiger partial charge in [-0.1, -0.05) is 0 Å². The van der Waals surface area contributed by atoms with E-state index in [1.54, 1.807) is 4.90 Å². The molecule has 15 heavy (non-hydrogen) atoms. The fourth-order valence-corrected chi connectivity index (χ4v) is 2.00. The van der Waals surface area contributed by atoms with Gasteiger partial charge in [-0.3, -0.25) is 4.79 Å². The topological polar surface area (TPSA) is 52.6 Å². The third-order valence-electron chi connectivity index (χ3n) is 3.16. The van der Waals surface area contributed by atoms with E-state index in [4.69, 9.17) is 0 Å². The molecule has 0 spiro atoms. The van der Waals surface area contributed by atoms with E-state index in [1.165, 1.54) is 12.8 Å². The molecule has 1 aliphatic heterocycles. The Labute approximate surface area is 90.6 Å². The molecular weight excluding hydrogens is 192 g/mol. The maximum Gasteiger partial charge on any atom is 0.236 e. The second-order valence-electron chi connectivity index (χ2n) is 4.71. The zero-order chi connectivity index (χ0) is 10.7. The van der Waals surface area contributed by atoms with Crippen molar-refractivity contribution in [2.75, 3.05) is 26.2 Å². The molecule has 2 fully saturated rings. The summed E-state index contributed by atoms with van der Waals surface area (Å²) in [6.45, 7) is 2.73. The molecule has 2 rings (SSSR count). The number of rotatable bonds is 4. The summed E-state index contributed by atoms with van der Waals surface area (Å²) in [6, 6.07) is 0. The van der Waals surface area contributed by atoms with Crippen molar-refractivity contribution >= 4 is 5.91 Å². The van der Waals surface area contributed by atoms with E-state index in [9.17, 15) is 9.90 Å². The second kappa shape index (κ2) is 4.94. The number of carbonyl (C=O) groups is 1. The molecule has 1 aliphatic carbocycles. The summed E-state index contributed by atoms with van der Waals surface area (Å²) >= 11 is 0. The van der Waals surface area contributed by atoms with Gasteiger partial charge in [0.05, 0.1) is 12.6 Å². The summed E-state index contributed by atoms with van der Waals surface area (Å²) in [5.74, 6) is 0.944. The molecule has 1 amide bonds. The van der Waals surface area contributed by atoms with Gasteiger partial charge in [-0.25, -0.2) is 0 Å². The van der Waals surface area contributed by atoms with Gasteiger partial charge in [0.1, 0.15) is 0 Å². The van der Waals surface area contributed by atoms with Gasteiger partial charge in [-0.15, -0.1) is 0 Å². The van der Waals surface area contributed by atoms with Crippen LogP contribution < -0.4 is 5.32 Å². The lowest BCUT2D eigenvalue weighted by Crippen LogP contribution is -2.45. The first-order valence-electron chi connectivity index (χ1n) is 5.92. The van der Waals surface area contributed by atoms with E-state index >= 15 is 0 Å². The number of amides is 1. The van der Waals surface area contributed by atoms with Gasteiger partial charge in [0.25, 0.3) is 0 Å². The maximum absolute atomic E-state index is 11.7. The van der Waals surface area contributed by atoms with E-state index in [2.05, 4.69) is 5.32 Å². The summed E-state index contributed by atoms with van der Waals surface area (Å²) in [5, 5.41) is 12.6. The third-order valence-corrected chi connectivity index (χ3v) is 3.16. The van der Waals surface area contributed by atoms with Crippen molar-refractivity contribution in [2.45, 2.75) is 31.8 Å². The number of carbonyl (C=O) groups excluding carboxylic acids is 1. The fourth-order valence-electron chi connectivity index (χ4n) is 2.00. The monoisotopic (exact) mass is 212 g/mol. The number of nitrogens with one attached hydrogen (secondary N) is 1. The van der Waals surface area contributed by atoms with Gasteiger partial charge in [0, 0.05) is 13.1 Å². The number of β-amino-alcohol motifs (C(OH)–C–C–N with tert-alkyl or cyclic N) is 1. The molecule has 86 valence electrons. The molecule has 0 aromatic heterocycles. The zero-order valence-corrected chi connectivity index (χ0v) is 9.11. The van der Waals surface area contributed by atoms with Crippen LogP contribution in [0, 0.1) is 5.92 Å². The van der Waals surface area contributed by atoms with Crippen LogP contribution in [0.1, 0.15) is 25.7 Å². The standard InChI is InChI=1S/C11H20N2O2/c14-10-2-1-5-13(8-10)11(15)7-12-6-9-3-4-9/h9-10,12,14H,1-8H2/t10-/m0/s1. The van der Waals surface area contributed by atoms with Crippen LogP contribution in [-0.4, -0.2) is 48.2 Å². The Morgan fingerprint density at radius 2 is 2.20 bits per heavy atom. The van der Waals surface area contributed by atoms with Crippen LogP contribution in [0.15, 0.2) is 0 Å². The lowest BCUT2D eigenvalue weighted by molar-refractivity contribution is -0.133. The number of nitrogens with zero attached hydrogens (tertiary/aromatic N) is 1. The molecule has 0 unspecified atom stereocenters. The minimum absolute atomic E-state index is 0.134. The van der Waals surface area contributed by atoms with Crippen LogP contribution in [0.2, 0.25) is 0 Å². The van der Waals surface area contributed by atoms with Crippen LogP contribution >= 0.6 is 0 Å². The van der Waals surface area contributed by atoms with Gasteiger partial charge in [0.2, 0.25) is 5.91 Å². The van der Waals surface area contributed by atoms with Gasteiger partial charge in [0.15, 0.2) is 0 Å². The summed E-state index contributed by atoms with van der Waals surface area (Å²) in [5.41, 5.74) is 0. The van der Waals surface area contributed by atoms with E-state index in [-0.39, 0.29) is 12.0 Å². The quantitative estimate of drug-likeness (QED) is 0.688. The molecule has 2 N–H and O–H groups in total. The van der Waals surface area contributed by atoms with E-state index in [1.807, 2.05) is 0 Å². The molecule has 4 nitrogen and oxygen atoms in total. The molecule has 0 aromatic carbocycles. The first-order valence-corrected chi connectivity index (χ1v) is 5.92. The van der Waals surface area contributed by atoms with Crippen LogP contribution in [0.3, 0.4) is 0 Å². The van der Waals surface area contributed by atoms with Crippen molar-refractivity contribution in [3.05, 3.63) is 0 Å². The molecular formula is C11H20N2O2. The summed E-state index contributed by atoms with van der Waals surface area (Å²) < 4.78 is 0. The van der Waals surface area contributed by atoms with E-state index < -0.39 is 0 Å². The summed E-state index contributed by atoms with van der Waals surface area (Å²) in [4.78, 5) is 13.5. The lowest BCUT2D eigenvalue weighted by atomic mass is 10.1. The largest absolute Gasteiger partial charge is 0.391 e. The number of aliphatic hydroxyl groups is 1. The van der Waals surface area contributed by atoms with Gasteiger partial charge in [-0.2, -0.15) is 0 Å². The summed E-state index contributed by atoms with van der Waals surface area (Å²) in [7, 11) is 0. The summed E-state index contributed by atoms with van der Waals surface area (Å²) in [6.07, 6.45) is 4.06. The van der Waals surface area contributed by atoms with Crippen LogP contribution in [0.25, 0.3) is 0 Å². The number of likely N-dealkylation sites (tertiary alicyclic amines) is 1. The average Bonchev–Trinajstić information content (AvgIpc) is 3.01. The molecule has 0 bridgehead atoms. The Kier molecular flexibility index (Phi) is 3.59. The van der Waals surface area contributed by atoms with Crippen molar-refractivity contribution in [3.63, 3.8) is 0 Å². The SMILES string of the molecule is O=C(CNCC1CC1)N1CCC[C@H](O)C1. The minimum atomic E-state index is -0.314. The second-order valence-corrected chi connectivity index (χ2v) is 4.71. The Bertz CT molecular complexity index is 229. The van der Waals surface area contributed by atoms with Crippen molar-refractivity contribution < 1.29 is 9.90 Å². The molecule has 2 aliphatic rings. The van der Waals surface area contributed by atoms with E-state index in [0.29, 0.717) is 13.1 Å². The highest BCUT2D eigenvalue weighted by molar-refractivity contribution is 5.78. The smallest absolute Gasteiger partial charge is 0.236 e. The molecule has 1 saturated carbocycles. The van der Waals surface area contributed by atoms with Crippen LogP contribution in [-0.2, 0) is 4.79 Å². The third kappa shape index (κ3) is 3.47. The van der Waals surface area contributed by atoms with E-state index in [0.717, 1.165) is 31.8 Å². The normalized spacial score (nSPS) is 26.7. The Balaban J connectivity index is 1.64. The average molecular weight is 212 g/mol. The number of hydrogen-bond donors (Lipinski definition) is 2. The van der Waals surface area contributed by atoms with Gasteiger partial charge in [-0.05, 0) is 38.1 Å². The van der Waals surface area contributed by atoms with Gasteiger partial charge >= 0.3 is 0 Å². The predicted molar refractivity (Wildman–Crippen MR) is 57.4 cm³/mol. The number of piperidine rings is 1. The Morgan fingerprint density at radius 3 is 2.87 bits per heavy atom. The number of aliphatic hydroxyl groups excluding tert-OH is 1. The molecule has 1 heterocycles. The fraction of sp³-hybridized carbons (Fsp3) is 0.909. The minimum Gasteiger partial charge on any atom is -0.391 e. The zero-order valence-electron chi connectivity index (χ0n) is 9.11. The first kappa shape index (κ1) is 10.9. The van der Waals surface area contributed by atoms with Crippen LogP contribution in [0.4, 0.5) is 0 Å². The van der Waals surface area contributed by atoms with Crippen LogP contribution in [0.5, 0.6) is 0 Å². The maximum atomic E-state index is 11.7. The lowest BCUT2D eigenvalue weighted by Gasteiger charge is -2.30. The Morgan fingerprint density at radius 1 is 1.40 bits per heavy atom. The van der Waals surface area contributed by atoms with Crippen molar-refractivity contribution in [2.24, 2.45) is 5.92 Å². The molecule has 1 saturated heterocycles. The first-order chi connectivity index (χ1) is 7.25. The van der Waals surface area contributed by atoms with Gasteiger partial charge < -0.3 is 15.3 Å². The van der Waals surface area contributed by atoms with Crippen molar-refractivity contribution in [1.29, 1.82) is 0 Å². The highest BCUT2D eigenvalue weighted by Crippen LogP contribution is 2.27. The molecule has 0 aromatic rings. The number of hydrogen-bond acceptors (Lipinski definition) is 3. The highest BCUT2D eigenvalue weighted by Gasteiger charge is 2.23. The van der Waals surface area contributed by atoms with Crippen molar-refractivity contribution in [1.82, 2.24) is 10.2 Å².